The number of aryl methyl sites for hydroxylation is 2. The fraction of sp³-hybridized carbons (Fsp3) is 0.235. The molecule has 3 nitrogen and oxygen atoms in total. The SMILES string of the molecule is Cc1ccccc1COc1ccc2c(CCBr)noc2c1. The molecule has 4 heteroatoms. The molecule has 0 radical (unpaired) electrons. The van der Waals surface area contributed by atoms with Gasteiger partial charge in [0.1, 0.15) is 12.4 Å². The lowest BCUT2D eigenvalue weighted by Gasteiger charge is -2.08. The number of aromatic nitrogens is 1. The zero-order valence-corrected chi connectivity index (χ0v) is 13.4. The normalized spacial score (nSPS) is 11.0. The number of hydrogen-bond donors (Lipinski definition) is 0. The van der Waals surface area contributed by atoms with Crippen molar-refractivity contribution in [3.8, 4) is 5.75 Å². The van der Waals surface area contributed by atoms with E-state index in [1.807, 2.05) is 30.3 Å². The molecule has 0 fully saturated rings. The average molecular weight is 346 g/mol. The molecular formula is C17H16BrNO2. The van der Waals surface area contributed by atoms with Crippen molar-refractivity contribution in [2.45, 2.75) is 20.0 Å². The van der Waals surface area contributed by atoms with Crippen molar-refractivity contribution in [2.24, 2.45) is 0 Å². The predicted molar refractivity (Wildman–Crippen MR) is 87.0 cm³/mol. The van der Waals surface area contributed by atoms with Crippen LogP contribution in [-0.4, -0.2) is 10.5 Å². The van der Waals surface area contributed by atoms with E-state index in [1.54, 1.807) is 0 Å². The van der Waals surface area contributed by atoms with Crippen molar-refractivity contribution in [1.29, 1.82) is 0 Å². The second kappa shape index (κ2) is 6.31. The zero-order chi connectivity index (χ0) is 14.7. The fourth-order valence-corrected chi connectivity index (χ4v) is 2.64. The predicted octanol–water partition coefficient (Wildman–Crippen LogP) is 4.65. The third-order valence-electron chi connectivity index (χ3n) is 3.51. The number of benzene rings is 2. The van der Waals surface area contributed by atoms with Gasteiger partial charge in [-0.25, -0.2) is 0 Å². The first-order chi connectivity index (χ1) is 10.3. The van der Waals surface area contributed by atoms with E-state index < -0.39 is 0 Å². The van der Waals surface area contributed by atoms with Crippen molar-refractivity contribution in [2.75, 3.05) is 5.33 Å². The maximum atomic E-state index is 5.85. The summed E-state index contributed by atoms with van der Waals surface area (Å²) < 4.78 is 11.2. The molecule has 0 aliphatic rings. The van der Waals surface area contributed by atoms with Gasteiger partial charge in [-0.05, 0) is 30.2 Å². The summed E-state index contributed by atoms with van der Waals surface area (Å²) in [5.74, 6) is 0.798. The van der Waals surface area contributed by atoms with Crippen LogP contribution in [0.4, 0.5) is 0 Å². The first-order valence-electron chi connectivity index (χ1n) is 6.89. The number of rotatable bonds is 5. The molecule has 0 spiro atoms. The minimum absolute atomic E-state index is 0.556. The fourth-order valence-electron chi connectivity index (χ4n) is 2.26. The number of nitrogens with zero attached hydrogens (tertiary/aromatic N) is 1. The molecule has 0 unspecified atom stereocenters. The second-order valence-corrected chi connectivity index (χ2v) is 5.73. The van der Waals surface area contributed by atoms with Gasteiger partial charge in [0.25, 0.3) is 0 Å². The Morgan fingerprint density at radius 1 is 1.19 bits per heavy atom. The van der Waals surface area contributed by atoms with Gasteiger partial charge >= 0.3 is 0 Å². The van der Waals surface area contributed by atoms with Gasteiger partial charge < -0.3 is 9.26 Å². The van der Waals surface area contributed by atoms with E-state index in [4.69, 9.17) is 9.26 Å². The summed E-state index contributed by atoms with van der Waals surface area (Å²) in [4.78, 5) is 0. The minimum atomic E-state index is 0.556. The molecule has 0 amide bonds. The number of alkyl halides is 1. The standard InChI is InChI=1S/C17H16BrNO2/c1-12-4-2-3-5-13(12)11-20-14-6-7-15-16(8-9-18)19-21-17(15)10-14/h2-7,10H,8-9,11H2,1H3. The Hall–Kier alpha value is -1.81. The summed E-state index contributed by atoms with van der Waals surface area (Å²) in [6, 6.07) is 14.1. The maximum Gasteiger partial charge on any atom is 0.170 e. The molecule has 0 aliphatic heterocycles. The Balaban J connectivity index is 1.77. The molecule has 21 heavy (non-hydrogen) atoms. The van der Waals surface area contributed by atoms with Crippen LogP contribution in [0.25, 0.3) is 11.0 Å². The van der Waals surface area contributed by atoms with Crippen molar-refractivity contribution < 1.29 is 9.26 Å². The van der Waals surface area contributed by atoms with E-state index in [2.05, 4.69) is 40.1 Å². The molecule has 108 valence electrons. The summed E-state index contributed by atoms with van der Waals surface area (Å²) >= 11 is 3.42. The highest BCUT2D eigenvalue weighted by Crippen LogP contribution is 2.25. The van der Waals surface area contributed by atoms with Gasteiger partial charge in [-0.1, -0.05) is 45.4 Å². The van der Waals surface area contributed by atoms with Crippen LogP contribution in [0, 0.1) is 6.92 Å². The highest BCUT2D eigenvalue weighted by Gasteiger charge is 2.09. The molecule has 0 saturated heterocycles. The average Bonchev–Trinajstić information content (AvgIpc) is 2.89. The van der Waals surface area contributed by atoms with Gasteiger partial charge in [-0.15, -0.1) is 0 Å². The van der Waals surface area contributed by atoms with Crippen LogP contribution in [-0.2, 0) is 13.0 Å². The Morgan fingerprint density at radius 2 is 2.05 bits per heavy atom. The van der Waals surface area contributed by atoms with Crippen molar-refractivity contribution in [3.05, 3.63) is 59.3 Å². The summed E-state index contributed by atoms with van der Waals surface area (Å²) in [5, 5.41) is 6.03. The van der Waals surface area contributed by atoms with Gasteiger partial charge in [0.05, 0.1) is 5.69 Å². The minimum Gasteiger partial charge on any atom is -0.489 e. The Labute approximate surface area is 132 Å². The van der Waals surface area contributed by atoms with E-state index in [-0.39, 0.29) is 0 Å². The molecule has 3 aromatic rings. The van der Waals surface area contributed by atoms with E-state index in [9.17, 15) is 0 Å². The Bertz CT molecular complexity index is 751. The Morgan fingerprint density at radius 3 is 2.86 bits per heavy atom. The van der Waals surface area contributed by atoms with Crippen molar-refractivity contribution in [1.82, 2.24) is 5.16 Å². The molecule has 1 aromatic heterocycles. The summed E-state index contributed by atoms with van der Waals surface area (Å²) in [7, 11) is 0. The van der Waals surface area contributed by atoms with E-state index in [0.717, 1.165) is 34.2 Å². The van der Waals surface area contributed by atoms with E-state index in [0.29, 0.717) is 6.61 Å². The molecule has 0 aliphatic carbocycles. The van der Waals surface area contributed by atoms with Gasteiger partial charge in [0, 0.05) is 23.2 Å². The quantitative estimate of drug-likeness (QED) is 0.631. The van der Waals surface area contributed by atoms with Crippen LogP contribution in [0.1, 0.15) is 16.8 Å². The lowest BCUT2D eigenvalue weighted by atomic mass is 10.1. The van der Waals surface area contributed by atoms with Gasteiger partial charge in [-0.2, -0.15) is 0 Å². The first kappa shape index (κ1) is 14.1. The number of halogens is 1. The zero-order valence-electron chi connectivity index (χ0n) is 11.8. The van der Waals surface area contributed by atoms with Crippen molar-refractivity contribution in [3.63, 3.8) is 0 Å². The van der Waals surface area contributed by atoms with Crippen LogP contribution in [0.5, 0.6) is 5.75 Å². The molecule has 2 aromatic carbocycles. The number of ether oxygens (including phenoxy) is 1. The highest BCUT2D eigenvalue weighted by molar-refractivity contribution is 9.09. The van der Waals surface area contributed by atoms with E-state index >= 15 is 0 Å². The molecule has 0 saturated carbocycles. The van der Waals surface area contributed by atoms with Crippen LogP contribution in [0.15, 0.2) is 47.0 Å². The van der Waals surface area contributed by atoms with E-state index in [1.165, 1.54) is 11.1 Å². The molecule has 1 heterocycles. The summed E-state index contributed by atoms with van der Waals surface area (Å²) in [5.41, 5.74) is 4.17. The first-order valence-corrected chi connectivity index (χ1v) is 8.01. The smallest absolute Gasteiger partial charge is 0.170 e. The van der Waals surface area contributed by atoms with Crippen LogP contribution < -0.4 is 4.74 Å². The van der Waals surface area contributed by atoms with Crippen LogP contribution in [0.3, 0.4) is 0 Å². The van der Waals surface area contributed by atoms with Crippen LogP contribution >= 0.6 is 15.9 Å². The topological polar surface area (TPSA) is 35.3 Å². The third kappa shape index (κ3) is 3.10. The number of fused-ring (bicyclic) bond motifs is 1. The summed E-state index contributed by atoms with van der Waals surface area (Å²) in [6.07, 6.45) is 0.858. The molecule has 3 rings (SSSR count). The Kier molecular flexibility index (Phi) is 4.25. The van der Waals surface area contributed by atoms with Crippen LogP contribution in [0.2, 0.25) is 0 Å². The van der Waals surface area contributed by atoms with Gasteiger partial charge in [0.2, 0.25) is 0 Å². The number of hydrogen-bond acceptors (Lipinski definition) is 3. The third-order valence-corrected chi connectivity index (χ3v) is 3.90. The largest absolute Gasteiger partial charge is 0.489 e. The lowest BCUT2D eigenvalue weighted by molar-refractivity contribution is 0.305. The molecular weight excluding hydrogens is 330 g/mol. The lowest BCUT2D eigenvalue weighted by Crippen LogP contribution is -1.97. The highest BCUT2D eigenvalue weighted by atomic mass is 79.9. The summed E-state index contributed by atoms with van der Waals surface area (Å²) in [6.45, 7) is 2.64. The molecule has 0 bridgehead atoms. The van der Waals surface area contributed by atoms with Gasteiger partial charge in [0.15, 0.2) is 5.58 Å². The molecule has 0 N–H and O–H groups in total. The van der Waals surface area contributed by atoms with Gasteiger partial charge in [-0.3, -0.25) is 0 Å². The van der Waals surface area contributed by atoms with Crippen molar-refractivity contribution >= 4 is 26.9 Å². The molecule has 0 atom stereocenters. The second-order valence-electron chi connectivity index (χ2n) is 4.94. The maximum absolute atomic E-state index is 5.85. The monoisotopic (exact) mass is 345 g/mol.